The lowest BCUT2D eigenvalue weighted by atomic mass is 9.89. The maximum Gasteiger partial charge on any atom is 0.407 e. The molecule has 1 atom stereocenters. The summed E-state index contributed by atoms with van der Waals surface area (Å²) in [5.41, 5.74) is 0.808. The summed E-state index contributed by atoms with van der Waals surface area (Å²) in [6, 6.07) is 15.5. The van der Waals surface area contributed by atoms with E-state index in [4.69, 9.17) is 21.1 Å². The first-order valence-electron chi connectivity index (χ1n) is 8.27. The molecule has 0 aliphatic carbocycles. The van der Waals surface area contributed by atoms with Crippen LogP contribution in [0.2, 0.25) is 5.02 Å². The fourth-order valence-electron chi connectivity index (χ4n) is 2.97. The summed E-state index contributed by atoms with van der Waals surface area (Å²) in [7, 11) is 0. The van der Waals surface area contributed by atoms with Crippen LogP contribution in [-0.4, -0.2) is 18.2 Å². The van der Waals surface area contributed by atoms with Crippen LogP contribution >= 0.6 is 11.6 Å². The third-order valence-electron chi connectivity index (χ3n) is 4.02. The van der Waals surface area contributed by atoms with Gasteiger partial charge in [-0.25, -0.2) is 4.79 Å². The Morgan fingerprint density at radius 3 is 2.64 bits per heavy atom. The molecule has 0 saturated heterocycles. The zero-order valence-electron chi connectivity index (χ0n) is 14.6. The molecule has 0 saturated carbocycles. The van der Waals surface area contributed by atoms with Gasteiger partial charge < -0.3 is 14.8 Å². The minimum Gasteiger partial charge on any atom is -0.480 e. The summed E-state index contributed by atoms with van der Waals surface area (Å²) >= 11 is 6.12. The van der Waals surface area contributed by atoms with E-state index in [1.807, 2.05) is 69.3 Å². The van der Waals surface area contributed by atoms with Crippen molar-refractivity contribution in [2.45, 2.75) is 38.4 Å². The second-order valence-corrected chi connectivity index (χ2v) is 7.68. The number of ether oxygens (including phenoxy) is 2. The zero-order chi connectivity index (χ0) is 18.1. The fraction of sp³-hybridized carbons (Fsp3) is 0.350. The summed E-state index contributed by atoms with van der Waals surface area (Å²) in [5.74, 6) is 0.791. The average Bonchev–Trinajstić information content (AvgIpc) is 2.91. The lowest BCUT2D eigenvalue weighted by Crippen LogP contribution is -2.45. The van der Waals surface area contributed by atoms with Crippen LogP contribution in [0.3, 0.4) is 0 Å². The van der Waals surface area contributed by atoms with Crippen molar-refractivity contribution in [3.63, 3.8) is 0 Å². The number of hydrogen-bond acceptors (Lipinski definition) is 3. The van der Waals surface area contributed by atoms with Gasteiger partial charge in [0, 0.05) is 17.0 Å². The van der Waals surface area contributed by atoms with Gasteiger partial charge in [0.2, 0.25) is 0 Å². The van der Waals surface area contributed by atoms with E-state index in [2.05, 4.69) is 5.32 Å². The molecule has 2 aromatic carbocycles. The number of carbonyl (C=O) groups excluding carboxylic acids is 1. The summed E-state index contributed by atoms with van der Waals surface area (Å²) in [5, 5.41) is 3.52. The van der Waals surface area contributed by atoms with E-state index in [-0.39, 0.29) is 0 Å². The van der Waals surface area contributed by atoms with Crippen LogP contribution in [0, 0.1) is 0 Å². The largest absolute Gasteiger partial charge is 0.480 e. The molecule has 1 heterocycles. The van der Waals surface area contributed by atoms with Gasteiger partial charge in [0.05, 0.1) is 6.54 Å². The molecule has 3 rings (SSSR count). The zero-order valence-corrected chi connectivity index (χ0v) is 15.4. The first kappa shape index (κ1) is 17.6. The van der Waals surface area contributed by atoms with Gasteiger partial charge in [0.1, 0.15) is 11.4 Å². The topological polar surface area (TPSA) is 47.6 Å². The molecular formula is C20H22ClNO3. The third-order valence-corrected chi connectivity index (χ3v) is 4.26. The molecule has 1 aliphatic rings. The van der Waals surface area contributed by atoms with Gasteiger partial charge in [-0.2, -0.15) is 0 Å². The van der Waals surface area contributed by atoms with Crippen LogP contribution in [0.15, 0.2) is 48.5 Å². The molecule has 0 radical (unpaired) electrons. The third kappa shape index (κ3) is 4.07. The standard InChI is InChI=1S/C20H22ClNO3/c1-19(2,3)25-18(23)22-13-20(15-7-5-4-6-8-15)12-14-11-16(21)9-10-17(14)24-20/h4-11H,12-13H2,1-3H3,(H,22,23)/t20-/m1/s1. The van der Waals surface area contributed by atoms with Crippen LogP contribution in [0.25, 0.3) is 0 Å². The van der Waals surface area contributed by atoms with Crippen molar-refractivity contribution < 1.29 is 14.3 Å². The molecule has 2 aromatic rings. The monoisotopic (exact) mass is 359 g/mol. The Morgan fingerprint density at radius 2 is 1.96 bits per heavy atom. The lowest BCUT2D eigenvalue weighted by Gasteiger charge is -2.30. The Morgan fingerprint density at radius 1 is 1.24 bits per heavy atom. The fourth-order valence-corrected chi connectivity index (χ4v) is 3.17. The van der Waals surface area contributed by atoms with Crippen molar-refractivity contribution >= 4 is 17.7 Å². The Balaban J connectivity index is 1.84. The quantitative estimate of drug-likeness (QED) is 0.864. The minimum absolute atomic E-state index is 0.304. The molecule has 1 N–H and O–H groups in total. The first-order chi connectivity index (χ1) is 11.8. The van der Waals surface area contributed by atoms with Gasteiger partial charge in [-0.15, -0.1) is 0 Å². The molecule has 25 heavy (non-hydrogen) atoms. The number of halogens is 1. The molecule has 0 aromatic heterocycles. The number of hydrogen-bond donors (Lipinski definition) is 1. The Hall–Kier alpha value is -2.20. The summed E-state index contributed by atoms with van der Waals surface area (Å²) in [6.45, 7) is 5.81. The second-order valence-electron chi connectivity index (χ2n) is 7.25. The maximum absolute atomic E-state index is 12.1. The van der Waals surface area contributed by atoms with Crippen LogP contribution in [0.4, 0.5) is 4.79 Å². The van der Waals surface area contributed by atoms with E-state index in [1.165, 1.54) is 0 Å². The van der Waals surface area contributed by atoms with Crippen LogP contribution in [0.1, 0.15) is 31.9 Å². The average molecular weight is 360 g/mol. The van der Waals surface area contributed by atoms with E-state index in [0.717, 1.165) is 16.9 Å². The highest BCUT2D eigenvalue weighted by atomic mass is 35.5. The van der Waals surface area contributed by atoms with Gasteiger partial charge in [-0.05, 0) is 44.5 Å². The molecule has 0 bridgehead atoms. The molecule has 4 nitrogen and oxygen atoms in total. The van der Waals surface area contributed by atoms with Crippen molar-refractivity contribution in [2.24, 2.45) is 0 Å². The summed E-state index contributed by atoms with van der Waals surface area (Å²) < 4.78 is 11.6. The Kier molecular flexibility index (Phi) is 4.65. The van der Waals surface area contributed by atoms with Gasteiger partial charge in [-0.3, -0.25) is 0 Å². The molecule has 0 spiro atoms. The number of rotatable bonds is 3. The predicted molar refractivity (Wildman–Crippen MR) is 98.1 cm³/mol. The van der Waals surface area contributed by atoms with E-state index < -0.39 is 17.3 Å². The smallest absolute Gasteiger partial charge is 0.407 e. The number of carbonyl (C=O) groups is 1. The number of benzene rings is 2. The van der Waals surface area contributed by atoms with Gasteiger partial charge in [0.25, 0.3) is 0 Å². The van der Waals surface area contributed by atoms with E-state index >= 15 is 0 Å². The van der Waals surface area contributed by atoms with Crippen molar-refractivity contribution in [2.75, 3.05) is 6.54 Å². The van der Waals surface area contributed by atoms with E-state index in [9.17, 15) is 4.79 Å². The van der Waals surface area contributed by atoms with Gasteiger partial charge >= 0.3 is 6.09 Å². The number of fused-ring (bicyclic) bond motifs is 1. The molecule has 1 aliphatic heterocycles. The highest BCUT2D eigenvalue weighted by Gasteiger charge is 2.41. The van der Waals surface area contributed by atoms with Gasteiger partial charge in [-0.1, -0.05) is 41.9 Å². The molecule has 5 heteroatoms. The van der Waals surface area contributed by atoms with E-state index in [0.29, 0.717) is 18.0 Å². The van der Waals surface area contributed by atoms with Crippen LogP contribution < -0.4 is 10.1 Å². The highest BCUT2D eigenvalue weighted by molar-refractivity contribution is 6.30. The maximum atomic E-state index is 12.1. The summed E-state index contributed by atoms with van der Waals surface area (Å²) in [6.07, 6.45) is 0.170. The number of amides is 1. The van der Waals surface area contributed by atoms with Crippen LogP contribution in [0.5, 0.6) is 5.75 Å². The van der Waals surface area contributed by atoms with E-state index in [1.54, 1.807) is 0 Å². The SMILES string of the molecule is CC(C)(C)OC(=O)NC[C@@]1(c2ccccc2)Cc2cc(Cl)ccc2O1. The van der Waals surface area contributed by atoms with Crippen molar-refractivity contribution in [3.8, 4) is 5.75 Å². The lowest BCUT2D eigenvalue weighted by molar-refractivity contribution is 0.0415. The first-order valence-corrected chi connectivity index (χ1v) is 8.65. The normalized spacial score (nSPS) is 19.0. The second kappa shape index (κ2) is 6.60. The molecule has 1 amide bonds. The molecule has 0 fully saturated rings. The molecular weight excluding hydrogens is 338 g/mol. The van der Waals surface area contributed by atoms with Gasteiger partial charge in [0.15, 0.2) is 5.60 Å². The predicted octanol–water partition coefficient (Wildman–Crippen LogP) is 4.70. The molecule has 132 valence electrons. The summed E-state index contributed by atoms with van der Waals surface area (Å²) in [4.78, 5) is 12.1. The Labute approximate surface area is 153 Å². The number of nitrogens with one attached hydrogen (secondary N) is 1. The van der Waals surface area contributed by atoms with Crippen molar-refractivity contribution in [3.05, 3.63) is 64.7 Å². The number of alkyl carbamates (subject to hydrolysis) is 1. The molecule has 0 unspecified atom stereocenters. The van der Waals surface area contributed by atoms with Crippen molar-refractivity contribution in [1.29, 1.82) is 0 Å². The van der Waals surface area contributed by atoms with Crippen molar-refractivity contribution in [1.82, 2.24) is 5.32 Å². The Bertz CT molecular complexity index is 770. The van der Waals surface area contributed by atoms with Crippen LogP contribution in [-0.2, 0) is 16.8 Å². The minimum atomic E-state index is -0.675. The highest BCUT2D eigenvalue weighted by Crippen LogP contribution is 2.42.